The van der Waals surface area contributed by atoms with Crippen LogP contribution in [0.15, 0.2) is 0 Å². The fourth-order valence-electron chi connectivity index (χ4n) is 2.50. The smallest absolute Gasteiger partial charge is 0.226 e. The molecule has 0 N–H and O–H groups in total. The van der Waals surface area contributed by atoms with Gasteiger partial charge in [-0.15, -0.1) is 0 Å². The highest BCUT2D eigenvalue weighted by Gasteiger charge is 2.45. The molecule has 1 unspecified atom stereocenters. The summed E-state index contributed by atoms with van der Waals surface area (Å²) in [5.74, 6) is 1.39. The molecule has 2 nitrogen and oxygen atoms in total. The maximum Gasteiger partial charge on any atom is 0.226 e. The van der Waals surface area contributed by atoms with Gasteiger partial charge in [0, 0.05) is 18.0 Å². The molecule has 1 aliphatic heterocycles. The van der Waals surface area contributed by atoms with Crippen molar-refractivity contribution in [2.24, 2.45) is 11.8 Å². The first-order chi connectivity index (χ1) is 6.55. The van der Waals surface area contributed by atoms with Crippen LogP contribution in [0.1, 0.15) is 46.5 Å². The molecule has 2 aliphatic rings. The Kier molecular flexibility index (Phi) is 2.32. The largest absolute Gasteiger partial charge is 0.337 e. The standard InChI is InChI=1S/C12H21NO/c1-9(2)12(3)7-4-8-13(12)11(14)10-5-6-10/h9-10H,4-8H2,1-3H3. The lowest BCUT2D eigenvalue weighted by Gasteiger charge is -2.39. The van der Waals surface area contributed by atoms with Gasteiger partial charge in [0.1, 0.15) is 0 Å². The average molecular weight is 195 g/mol. The number of amides is 1. The lowest BCUT2D eigenvalue weighted by molar-refractivity contribution is -0.137. The van der Waals surface area contributed by atoms with Crippen molar-refractivity contribution in [1.82, 2.24) is 4.90 Å². The summed E-state index contributed by atoms with van der Waals surface area (Å²) < 4.78 is 0. The highest BCUT2D eigenvalue weighted by atomic mass is 16.2. The van der Waals surface area contributed by atoms with Gasteiger partial charge in [-0.05, 0) is 38.5 Å². The number of hydrogen-bond acceptors (Lipinski definition) is 1. The quantitative estimate of drug-likeness (QED) is 0.662. The first kappa shape index (κ1) is 10.0. The predicted molar refractivity (Wildman–Crippen MR) is 56.9 cm³/mol. The molecule has 0 bridgehead atoms. The molecular weight excluding hydrogens is 174 g/mol. The molecule has 1 amide bonds. The van der Waals surface area contributed by atoms with Gasteiger partial charge in [-0.25, -0.2) is 0 Å². The van der Waals surface area contributed by atoms with Gasteiger partial charge in [0.15, 0.2) is 0 Å². The summed E-state index contributed by atoms with van der Waals surface area (Å²) in [6, 6.07) is 0. The monoisotopic (exact) mass is 195 g/mol. The van der Waals surface area contributed by atoms with Crippen LogP contribution in [0.5, 0.6) is 0 Å². The van der Waals surface area contributed by atoms with Crippen molar-refractivity contribution in [1.29, 1.82) is 0 Å². The van der Waals surface area contributed by atoms with E-state index in [9.17, 15) is 4.79 Å². The second-order valence-corrected chi connectivity index (χ2v) is 5.38. The maximum absolute atomic E-state index is 12.1. The molecule has 2 fully saturated rings. The zero-order valence-corrected chi connectivity index (χ0v) is 9.55. The van der Waals surface area contributed by atoms with Gasteiger partial charge in [-0.2, -0.15) is 0 Å². The van der Waals surface area contributed by atoms with Crippen molar-refractivity contribution in [3.8, 4) is 0 Å². The molecule has 14 heavy (non-hydrogen) atoms. The molecule has 0 aromatic heterocycles. The second-order valence-electron chi connectivity index (χ2n) is 5.38. The van der Waals surface area contributed by atoms with Crippen LogP contribution < -0.4 is 0 Å². The highest BCUT2D eigenvalue weighted by Crippen LogP contribution is 2.40. The fraction of sp³-hybridized carbons (Fsp3) is 0.917. The van der Waals surface area contributed by atoms with E-state index in [0.29, 0.717) is 17.7 Å². The second kappa shape index (κ2) is 3.25. The molecule has 0 radical (unpaired) electrons. The van der Waals surface area contributed by atoms with E-state index in [1.807, 2.05) is 0 Å². The van der Waals surface area contributed by atoms with E-state index in [4.69, 9.17) is 0 Å². The molecule has 1 saturated carbocycles. The van der Waals surface area contributed by atoms with Crippen LogP contribution in [0.3, 0.4) is 0 Å². The molecule has 1 aliphatic carbocycles. The number of hydrogen-bond donors (Lipinski definition) is 0. The summed E-state index contributed by atoms with van der Waals surface area (Å²) in [7, 11) is 0. The van der Waals surface area contributed by atoms with Crippen LogP contribution in [0, 0.1) is 11.8 Å². The van der Waals surface area contributed by atoms with E-state index in [-0.39, 0.29) is 5.54 Å². The van der Waals surface area contributed by atoms with Gasteiger partial charge in [-0.3, -0.25) is 4.79 Å². The van der Waals surface area contributed by atoms with Gasteiger partial charge >= 0.3 is 0 Å². The Bertz CT molecular complexity index is 245. The highest BCUT2D eigenvalue weighted by molar-refractivity contribution is 5.82. The average Bonchev–Trinajstić information content (AvgIpc) is 2.89. The van der Waals surface area contributed by atoms with Crippen LogP contribution in [0.2, 0.25) is 0 Å². The first-order valence-electron chi connectivity index (χ1n) is 5.87. The Balaban J connectivity index is 2.12. The van der Waals surface area contributed by atoms with Crippen molar-refractivity contribution in [2.75, 3.05) is 6.54 Å². The fourth-order valence-corrected chi connectivity index (χ4v) is 2.50. The Morgan fingerprint density at radius 1 is 1.43 bits per heavy atom. The summed E-state index contributed by atoms with van der Waals surface area (Å²) in [6.07, 6.45) is 4.63. The molecule has 1 atom stereocenters. The van der Waals surface area contributed by atoms with Gasteiger partial charge in [-0.1, -0.05) is 13.8 Å². The van der Waals surface area contributed by atoms with Crippen LogP contribution in [-0.4, -0.2) is 22.9 Å². The lowest BCUT2D eigenvalue weighted by Crippen LogP contribution is -2.49. The van der Waals surface area contributed by atoms with Crippen molar-refractivity contribution < 1.29 is 4.79 Å². The van der Waals surface area contributed by atoms with Crippen molar-refractivity contribution in [3.63, 3.8) is 0 Å². The van der Waals surface area contributed by atoms with Crippen molar-refractivity contribution >= 4 is 5.91 Å². The predicted octanol–water partition coefficient (Wildman–Crippen LogP) is 2.43. The Hall–Kier alpha value is -0.530. The van der Waals surface area contributed by atoms with Crippen molar-refractivity contribution in [3.05, 3.63) is 0 Å². The molecule has 80 valence electrons. The summed E-state index contributed by atoms with van der Waals surface area (Å²) >= 11 is 0. The number of likely N-dealkylation sites (tertiary alicyclic amines) is 1. The molecule has 0 aromatic carbocycles. The van der Waals surface area contributed by atoms with Gasteiger partial charge in [0.2, 0.25) is 5.91 Å². The molecule has 1 heterocycles. The molecule has 0 aromatic rings. The van der Waals surface area contributed by atoms with E-state index in [2.05, 4.69) is 25.7 Å². The van der Waals surface area contributed by atoms with Crippen LogP contribution in [-0.2, 0) is 4.79 Å². The molecule has 2 heteroatoms. The SMILES string of the molecule is CC(C)C1(C)CCCN1C(=O)C1CC1. The van der Waals surface area contributed by atoms with E-state index in [1.165, 1.54) is 12.8 Å². The normalized spacial score (nSPS) is 32.7. The first-order valence-corrected chi connectivity index (χ1v) is 5.87. The van der Waals surface area contributed by atoms with E-state index in [0.717, 1.165) is 19.4 Å². The third-order valence-electron chi connectivity index (χ3n) is 4.12. The zero-order chi connectivity index (χ0) is 10.3. The maximum atomic E-state index is 12.1. The summed E-state index contributed by atoms with van der Waals surface area (Å²) in [4.78, 5) is 14.2. The van der Waals surface area contributed by atoms with E-state index < -0.39 is 0 Å². The minimum absolute atomic E-state index is 0.139. The lowest BCUT2D eigenvalue weighted by atomic mass is 9.86. The zero-order valence-electron chi connectivity index (χ0n) is 9.55. The number of carbonyl (C=O) groups is 1. The Morgan fingerprint density at radius 2 is 2.07 bits per heavy atom. The molecule has 2 rings (SSSR count). The molecule has 1 saturated heterocycles. The number of carbonyl (C=O) groups excluding carboxylic acids is 1. The Labute approximate surface area is 86.7 Å². The minimum Gasteiger partial charge on any atom is -0.337 e. The number of nitrogens with zero attached hydrogens (tertiary/aromatic N) is 1. The minimum atomic E-state index is 0.139. The van der Waals surface area contributed by atoms with Gasteiger partial charge in [0.05, 0.1) is 0 Å². The van der Waals surface area contributed by atoms with E-state index >= 15 is 0 Å². The summed E-state index contributed by atoms with van der Waals surface area (Å²) in [5, 5.41) is 0. The third kappa shape index (κ3) is 1.45. The third-order valence-corrected chi connectivity index (χ3v) is 4.12. The van der Waals surface area contributed by atoms with Crippen LogP contribution in [0.4, 0.5) is 0 Å². The summed E-state index contributed by atoms with van der Waals surface area (Å²) in [5.41, 5.74) is 0.139. The van der Waals surface area contributed by atoms with Crippen molar-refractivity contribution in [2.45, 2.75) is 52.0 Å². The van der Waals surface area contributed by atoms with E-state index in [1.54, 1.807) is 0 Å². The van der Waals surface area contributed by atoms with Crippen LogP contribution >= 0.6 is 0 Å². The van der Waals surface area contributed by atoms with Gasteiger partial charge < -0.3 is 4.90 Å². The molecular formula is C12H21NO. The Morgan fingerprint density at radius 3 is 2.57 bits per heavy atom. The van der Waals surface area contributed by atoms with Gasteiger partial charge in [0.25, 0.3) is 0 Å². The van der Waals surface area contributed by atoms with Crippen LogP contribution in [0.25, 0.3) is 0 Å². The topological polar surface area (TPSA) is 20.3 Å². The summed E-state index contributed by atoms with van der Waals surface area (Å²) in [6.45, 7) is 7.71. The number of rotatable bonds is 2. The molecule has 0 spiro atoms.